The summed E-state index contributed by atoms with van der Waals surface area (Å²) in [6.07, 6.45) is 4.02. The van der Waals surface area contributed by atoms with E-state index in [1.807, 2.05) is 0 Å². The van der Waals surface area contributed by atoms with Crippen molar-refractivity contribution in [1.29, 1.82) is 5.26 Å². The molecule has 228 valence electrons. The molecule has 0 amide bonds. The molecule has 0 unspecified atom stereocenters. The molecule has 0 saturated carbocycles. The molecule has 0 radical (unpaired) electrons. The molecule has 3 aromatic carbocycles. The number of carbonyl (C=O) groups is 2. The summed E-state index contributed by atoms with van der Waals surface area (Å²) < 4.78 is 79.3. The van der Waals surface area contributed by atoms with Gasteiger partial charge in [-0.15, -0.1) is 0 Å². The molecule has 3 rings (SSSR count). The lowest BCUT2D eigenvalue weighted by Crippen LogP contribution is -2.08. The Bertz CT molecular complexity index is 1660. The number of nitrogens with zero attached hydrogens (tertiary/aromatic N) is 1. The Morgan fingerprint density at radius 2 is 1.59 bits per heavy atom. The van der Waals surface area contributed by atoms with Gasteiger partial charge in [-0.25, -0.2) is 22.0 Å². The molecule has 3 aromatic rings. The average Bonchev–Trinajstić information content (AvgIpc) is 3.00. The van der Waals surface area contributed by atoms with E-state index >= 15 is 0 Å². The molecule has 0 fully saturated rings. The van der Waals surface area contributed by atoms with Gasteiger partial charge in [0.05, 0.1) is 5.56 Å². The number of halogens is 5. The van der Waals surface area contributed by atoms with Crippen LogP contribution in [0.1, 0.15) is 50.2 Å². The van der Waals surface area contributed by atoms with Gasteiger partial charge < -0.3 is 9.47 Å². The number of hydrogen-bond donors (Lipinski definition) is 0. The molecular weight excluding hydrogens is 581 g/mol. The highest BCUT2D eigenvalue weighted by atomic mass is 19.2. The predicted octanol–water partition coefficient (Wildman–Crippen LogP) is 8.69. The first-order valence-corrected chi connectivity index (χ1v) is 13.5. The van der Waals surface area contributed by atoms with Gasteiger partial charge in [-0.1, -0.05) is 25.1 Å². The number of alkyl halides is 1. The zero-order valence-electron chi connectivity index (χ0n) is 23.8. The van der Waals surface area contributed by atoms with E-state index in [0.717, 1.165) is 24.3 Å². The molecule has 0 spiro atoms. The van der Waals surface area contributed by atoms with Crippen molar-refractivity contribution in [3.63, 3.8) is 0 Å². The summed E-state index contributed by atoms with van der Waals surface area (Å²) in [5.41, 5.74) is 0.488. The first-order chi connectivity index (χ1) is 21.1. The Kier molecular flexibility index (Phi) is 12.2. The van der Waals surface area contributed by atoms with Crippen LogP contribution in [0.15, 0.2) is 84.7 Å². The van der Waals surface area contributed by atoms with E-state index in [9.17, 15) is 31.5 Å². The summed E-state index contributed by atoms with van der Waals surface area (Å²) in [5, 5.41) is 8.88. The van der Waals surface area contributed by atoms with Gasteiger partial charge in [0, 0.05) is 24.5 Å². The minimum Gasteiger partial charge on any atom is -0.427 e. The molecule has 0 aliphatic rings. The molecular formula is C34H28F5NO4. The smallest absolute Gasteiger partial charge is 0.311 e. The van der Waals surface area contributed by atoms with E-state index in [2.05, 4.69) is 6.58 Å². The number of esters is 2. The third kappa shape index (κ3) is 9.23. The summed E-state index contributed by atoms with van der Waals surface area (Å²) in [7, 11) is 0. The van der Waals surface area contributed by atoms with Crippen LogP contribution >= 0.6 is 0 Å². The highest BCUT2D eigenvalue weighted by Crippen LogP contribution is 2.28. The number of nitriles is 1. The standard InChI is InChI=1S/C34H28F5NO4/c1-3-26(15-25(19-35)21(2)22-9-10-24(20-40)30(37)16-22)43-33(41)7-5-4-6-8-34(42)44-27-12-13-28(31(38)18-27)23-11-14-29(36)32(39)17-23/h3,9-18H,2,4-8,19H2,1H3/b25-15-,26-3+. The van der Waals surface area contributed by atoms with Crippen LogP contribution in [-0.2, 0) is 14.3 Å². The van der Waals surface area contributed by atoms with Gasteiger partial charge in [0.25, 0.3) is 0 Å². The monoisotopic (exact) mass is 609 g/mol. The largest absolute Gasteiger partial charge is 0.427 e. The number of allylic oxidation sites excluding steroid dienone is 4. The lowest BCUT2D eigenvalue weighted by Gasteiger charge is -2.11. The van der Waals surface area contributed by atoms with E-state index in [0.29, 0.717) is 19.3 Å². The Labute approximate surface area is 251 Å². The molecule has 0 atom stereocenters. The lowest BCUT2D eigenvalue weighted by atomic mass is 9.98. The number of hydrogen-bond acceptors (Lipinski definition) is 5. The second-order valence-electron chi connectivity index (χ2n) is 9.56. The summed E-state index contributed by atoms with van der Waals surface area (Å²) in [4.78, 5) is 24.5. The topological polar surface area (TPSA) is 76.4 Å². The van der Waals surface area contributed by atoms with Crippen LogP contribution < -0.4 is 4.74 Å². The van der Waals surface area contributed by atoms with Gasteiger partial charge >= 0.3 is 11.9 Å². The van der Waals surface area contributed by atoms with Crippen molar-refractivity contribution in [2.45, 2.75) is 39.0 Å². The van der Waals surface area contributed by atoms with Crippen LogP contribution in [0.5, 0.6) is 5.75 Å². The predicted molar refractivity (Wildman–Crippen MR) is 155 cm³/mol. The first-order valence-electron chi connectivity index (χ1n) is 13.5. The third-order valence-electron chi connectivity index (χ3n) is 6.47. The Balaban J connectivity index is 1.44. The van der Waals surface area contributed by atoms with Crippen molar-refractivity contribution in [3.05, 3.63) is 119 Å². The molecule has 44 heavy (non-hydrogen) atoms. The fourth-order valence-electron chi connectivity index (χ4n) is 4.07. The zero-order valence-corrected chi connectivity index (χ0v) is 23.8. The van der Waals surface area contributed by atoms with Crippen LogP contribution in [0.4, 0.5) is 22.0 Å². The fourth-order valence-corrected chi connectivity index (χ4v) is 4.07. The average molecular weight is 610 g/mol. The molecule has 10 heteroatoms. The molecule has 0 aliphatic carbocycles. The van der Waals surface area contributed by atoms with Gasteiger partial charge in [0.15, 0.2) is 11.6 Å². The van der Waals surface area contributed by atoms with E-state index in [4.69, 9.17) is 14.7 Å². The molecule has 0 bridgehead atoms. The van der Waals surface area contributed by atoms with Crippen LogP contribution in [-0.4, -0.2) is 18.6 Å². The highest BCUT2D eigenvalue weighted by molar-refractivity contribution is 5.79. The summed E-state index contributed by atoms with van der Waals surface area (Å²) >= 11 is 0. The Hall–Kier alpha value is -5.04. The van der Waals surface area contributed by atoms with Crippen molar-refractivity contribution in [3.8, 4) is 22.9 Å². The van der Waals surface area contributed by atoms with Gasteiger partial charge in [0.1, 0.15) is 35.9 Å². The third-order valence-corrected chi connectivity index (χ3v) is 6.47. The lowest BCUT2D eigenvalue weighted by molar-refractivity contribution is -0.139. The van der Waals surface area contributed by atoms with Crippen molar-refractivity contribution in [1.82, 2.24) is 0 Å². The van der Waals surface area contributed by atoms with E-state index < -0.39 is 41.9 Å². The van der Waals surface area contributed by atoms with Gasteiger partial charge in [-0.3, -0.25) is 9.59 Å². The molecule has 5 nitrogen and oxygen atoms in total. The van der Waals surface area contributed by atoms with Crippen LogP contribution in [0.25, 0.3) is 16.7 Å². The van der Waals surface area contributed by atoms with Gasteiger partial charge in [-0.05, 0) is 90.6 Å². The fraction of sp³-hybridized carbons (Fsp3) is 0.206. The van der Waals surface area contributed by atoms with Crippen LogP contribution in [0, 0.1) is 34.6 Å². The maximum atomic E-state index is 14.5. The second-order valence-corrected chi connectivity index (χ2v) is 9.56. The van der Waals surface area contributed by atoms with E-state index in [1.54, 1.807) is 13.0 Å². The minimum atomic E-state index is -1.11. The van der Waals surface area contributed by atoms with Crippen molar-refractivity contribution >= 4 is 17.5 Å². The number of rotatable bonds is 13. The Morgan fingerprint density at radius 1 is 0.864 bits per heavy atom. The highest BCUT2D eigenvalue weighted by Gasteiger charge is 2.14. The molecule has 0 aromatic heterocycles. The van der Waals surface area contributed by atoms with E-state index in [-0.39, 0.29) is 57.8 Å². The first kappa shape index (κ1) is 33.5. The van der Waals surface area contributed by atoms with Gasteiger partial charge in [0.2, 0.25) is 0 Å². The van der Waals surface area contributed by atoms with Crippen LogP contribution in [0.2, 0.25) is 0 Å². The molecule has 0 heterocycles. The molecule has 0 saturated heterocycles. The number of carbonyl (C=O) groups excluding carboxylic acids is 2. The number of unbranched alkanes of at least 4 members (excludes halogenated alkanes) is 2. The van der Waals surface area contributed by atoms with Crippen molar-refractivity contribution < 1.29 is 41.0 Å². The van der Waals surface area contributed by atoms with Crippen molar-refractivity contribution in [2.75, 3.05) is 6.67 Å². The summed E-state index contributed by atoms with van der Waals surface area (Å²) in [6, 6.07) is 12.1. The zero-order chi connectivity index (χ0) is 32.2. The normalized spacial score (nSPS) is 11.6. The SMILES string of the molecule is C=C(/C(=C\C(=C/C)OC(=O)CCCCCC(=O)Oc1ccc(-c2ccc(F)c(F)c2)c(F)c1)CF)c1ccc(C#N)c(F)c1. The number of ether oxygens (including phenoxy) is 2. The maximum Gasteiger partial charge on any atom is 0.311 e. The minimum absolute atomic E-state index is 0.00234. The summed E-state index contributed by atoms with van der Waals surface area (Å²) in [5.74, 6) is -4.88. The quantitative estimate of drug-likeness (QED) is 0.0484. The Morgan fingerprint density at radius 3 is 2.20 bits per heavy atom. The van der Waals surface area contributed by atoms with E-state index in [1.165, 1.54) is 42.5 Å². The van der Waals surface area contributed by atoms with Crippen molar-refractivity contribution in [2.24, 2.45) is 0 Å². The second kappa shape index (κ2) is 16.0. The summed E-state index contributed by atoms with van der Waals surface area (Å²) in [6.45, 7) is 4.42. The van der Waals surface area contributed by atoms with Gasteiger partial charge in [-0.2, -0.15) is 5.26 Å². The number of benzene rings is 3. The van der Waals surface area contributed by atoms with Crippen LogP contribution in [0.3, 0.4) is 0 Å². The molecule has 0 aliphatic heterocycles. The maximum absolute atomic E-state index is 14.5. The molecule has 0 N–H and O–H groups in total.